The van der Waals surface area contributed by atoms with Gasteiger partial charge in [-0.3, -0.25) is 9.69 Å². The van der Waals surface area contributed by atoms with Crippen LogP contribution in [-0.2, 0) is 11.3 Å². The number of aryl methyl sites for hydroxylation is 1. The quantitative estimate of drug-likeness (QED) is 0.906. The van der Waals surface area contributed by atoms with Crippen molar-refractivity contribution in [2.24, 2.45) is 5.92 Å². The van der Waals surface area contributed by atoms with Crippen LogP contribution < -0.4 is 0 Å². The van der Waals surface area contributed by atoms with Gasteiger partial charge in [0.2, 0.25) is 0 Å². The van der Waals surface area contributed by atoms with Crippen LogP contribution in [0, 0.1) is 12.8 Å². The molecule has 1 saturated heterocycles. The topological polar surface area (TPSA) is 66.6 Å². The van der Waals surface area contributed by atoms with E-state index >= 15 is 0 Å². The lowest BCUT2D eigenvalue weighted by atomic mass is 9.85. The predicted molar refractivity (Wildman–Crippen MR) is 68.6 cm³/mol. The number of likely N-dealkylation sites (tertiary alicyclic amines) is 1. The molecule has 3 rings (SSSR count). The lowest BCUT2D eigenvalue weighted by Gasteiger charge is -2.32. The van der Waals surface area contributed by atoms with Crippen LogP contribution in [0.3, 0.4) is 0 Å². The van der Waals surface area contributed by atoms with Crippen molar-refractivity contribution in [3.63, 3.8) is 0 Å². The Morgan fingerprint density at radius 1 is 1.53 bits per heavy atom. The van der Waals surface area contributed by atoms with Crippen LogP contribution in [0.1, 0.15) is 43.6 Å². The van der Waals surface area contributed by atoms with Crippen LogP contribution in [0.4, 0.5) is 0 Å². The third-order valence-electron chi connectivity index (χ3n) is 4.53. The summed E-state index contributed by atoms with van der Waals surface area (Å²) in [7, 11) is 0. The molecule has 1 aliphatic carbocycles. The van der Waals surface area contributed by atoms with Crippen LogP contribution in [0.2, 0.25) is 0 Å². The molecular weight excluding hydrogens is 244 g/mol. The fraction of sp³-hybridized carbons (Fsp3) is 0.714. The van der Waals surface area contributed by atoms with E-state index in [1.165, 1.54) is 19.3 Å². The van der Waals surface area contributed by atoms with Gasteiger partial charge in [-0.2, -0.15) is 0 Å². The highest BCUT2D eigenvalue weighted by molar-refractivity contribution is 5.74. The molecule has 3 atom stereocenters. The Balaban J connectivity index is 1.80. The third kappa shape index (κ3) is 2.39. The molecule has 2 fully saturated rings. The van der Waals surface area contributed by atoms with E-state index < -0.39 is 5.97 Å². The van der Waals surface area contributed by atoms with E-state index in [-0.39, 0.29) is 6.04 Å². The standard InChI is InChI=1S/C14H20N2O3/c1-9-6-11(15-19-9)8-16-12-5-3-2-4-10(12)7-13(16)14(17)18/h6,10,12-13H,2-5,7-8H2,1H3,(H,17,18). The summed E-state index contributed by atoms with van der Waals surface area (Å²) in [6.07, 6.45) is 5.52. The Labute approximate surface area is 112 Å². The van der Waals surface area contributed by atoms with E-state index in [1.54, 1.807) is 0 Å². The van der Waals surface area contributed by atoms with Crippen molar-refractivity contribution >= 4 is 5.97 Å². The molecule has 104 valence electrons. The highest BCUT2D eigenvalue weighted by Crippen LogP contribution is 2.40. The van der Waals surface area contributed by atoms with Crippen molar-refractivity contribution < 1.29 is 14.4 Å². The van der Waals surface area contributed by atoms with Gasteiger partial charge in [0.15, 0.2) is 0 Å². The molecule has 0 spiro atoms. The van der Waals surface area contributed by atoms with E-state index in [0.29, 0.717) is 18.5 Å². The Kier molecular flexibility index (Phi) is 3.31. The van der Waals surface area contributed by atoms with Crippen molar-refractivity contribution in [1.29, 1.82) is 0 Å². The normalized spacial score (nSPS) is 31.3. The molecule has 1 aromatic rings. The van der Waals surface area contributed by atoms with Crippen LogP contribution in [-0.4, -0.2) is 33.2 Å². The van der Waals surface area contributed by atoms with Gasteiger partial charge in [0.25, 0.3) is 0 Å². The Bertz CT molecular complexity index is 471. The number of carbonyl (C=O) groups is 1. The fourth-order valence-electron chi connectivity index (χ4n) is 3.70. The molecule has 5 nitrogen and oxygen atoms in total. The largest absolute Gasteiger partial charge is 0.480 e. The van der Waals surface area contributed by atoms with Crippen LogP contribution in [0.25, 0.3) is 0 Å². The number of aromatic nitrogens is 1. The zero-order valence-corrected chi connectivity index (χ0v) is 11.2. The van der Waals surface area contributed by atoms with Crippen molar-refractivity contribution in [3.05, 3.63) is 17.5 Å². The molecule has 0 radical (unpaired) electrons. The van der Waals surface area contributed by atoms with Gasteiger partial charge in [-0.05, 0) is 32.1 Å². The van der Waals surface area contributed by atoms with Gasteiger partial charge in [-0.25, -0.2) is 0 Å². The summed E-state index contributed by atoms with van der Waals surface area (Å²) < 4.78 is 5.08. The highest BCUT2D eigenvalue weighted by atomic mass is 16.5. The summed E-state index contributed by atoms with van der Waals surface area (Å²) in [5.41, 5.74) is 0.843. The smallest absolute Gasteiger partial charge is 0.320 e. The summed E-state index contributed by atoms with van der Waals surface area (Å²) in [4.78, 5) is 13.6. The Morgan fingerprint density at radius 3 is 3.00 bits per heavy atom. The van der Waals surface area contributed by atoms with Gasteiger partial charge in [0.1, 0.15) is 11.8 Å². The maximum atomic E-state index is 11.5. The van der Waals surface area contributed by atoms with Gasteiger partial charge in [-0.15, -0.1) is 0 Å². The monoisotopic (exact) mass is 264 g/mol. The minimum absolute atomic E-state index is 0.356. The van der Waals surface area contributed by atoms with Gasteiger partial charge in [0, 0.05) is 18.7 Å². The molecule has 5 heteroatoms. The van der Waals surface area contributed by atoms with E-state index in [2.05, 4.69) is 10.1 Å². The summed E-state index contributed by atoms with van der Waals surface area (Å²) in [5.74, 6) is 0.624. The van der Waals surface area contributed by atoms with Crippen molar-refractivity contribution in [3.8, 4) is 0 Å². The van der Waals surface area contributed by atoms with Crippen LogP contribution >= 0.6 is 0 Å². The van der Waals surface area contributed by atoms with Crippen molar-refractivity contribution in [2.45, 2.75) is 57.7 Å². The summed E-state index contributed by atoms with van der Waals surface area (Å²) in [6.45, 7) is 2.45. The molecule has 2 heterocycles. The zero-order valence-electron chi connectivity index (χ0n) is 11.2. The average molecular weight is 264 g/mol. The minimum Gasteiger partial charge on any atom is -0.480 e. The first-order valence-corrected chi connectivity index (χ1v) is 7.06. The molecule has 1 aliphatic heterocycles. The molecule has 0 aromatic carbocycles. The third-order valence-corrected chi connectivity index (χ3v) is 4.53. The molecule has 1 aromatic heterocycles. The van der Waals surface area contributed by atoms with E-state index in [9.17, 15) is 9.90 Å². The molecule has 1 saturated carbocycles. The predicted octanol–water partition coefficient (Wildman–Crippen LogP) is 2.20. The maximum absolute atomic E-state index is 11.5. The molecule has 0 amide bonds. The minimum atomic E-state index is -0.699. The second-order valence-corrected chi connectivity index (χ2v) is 5.80. The lowest BCUT2D eigenvalue weighted by Crippen LogP contribution is -2.41. The Hall–Kier alpha value is -1.36. The Morgan fingerprint density at radius 2 is 2.32 bits per heavy atom. The van der Waals surface area contributed by atoms with Crippen molar-refractivity contribution in [2.75, 3.05) is 0 Å². The molecule has 3 unspecified atom stereocenters. The summed E-state index contributed by atoms with van der Waals surface area (Å²) in [6, 6.07) is 1.95. The number of hydrogen-bond donors (Lipinski definition) is 1. The zero-order chi connectivity index (χ0) is 13.4. The van der Waals surface area contributed by atoms with Crippen molar-refractivity contribution in [1.82, 2.24) is 10.1 Å². The van der Waals surface area contributed by atoms with Crippen LogP contribution in [0.5, 0.6) is 0 Å². The average Bonchev–Trinajstić information content (AvgIpc) is 2.95. The molecule has 1 N–H and O–H groups in total. The number of carboxylic acid groups (broad SMARTS) is 1. The molecule has 0 bridgehead atoms. The number of carboxylic acids is 1. The SMILES string of the molecule is Cc1cc(CN2C(C(=O)O)CC3CCCCC32)no1. The molecule has 19 heavy (non-hydrogen) atoms. The fourth-order valence-corrected chi connectivity index (χ4v) is 3.70. The lowest BCUT2D eigenvalue weighted by molar-refractivity contribution is -0.142. The molecular formula is C14H20N2O3. The van der Waals surface area contributed by atoms with E-state index in [4.69, 9.17) is 4.52 Å². The number of aliphatic carboxylic acids is 1. The van der Waals surface area contributed by atoms with Crippen LogP contribution in [0.15, 0.2) is 10.6 Å². The van der Waals surface area contributed by atoms with E-state index in [1.807, 2.05) is 13.0 Å². The summed E-state index contributed by atoms with van der Waals surface area (Å²) >= 11 is 0. The number of fused-ring (bicyclic) bond motifs is 1. The maximum Gasteiger partial charge on any atom is 0.320 e. The van der Waals surface area contributed by atoms with Gasteiger partial charge in [0.05, 0.1) is 5.69 Å². The number of nitrogens with zero attached hydrogens (tertiary/aromatic N) is 2. The van der Waals surface area contributed by atoms with Gasteiger partial charge in [-0.1, -0.05) is 18.0 Å². The first-order valence-electron chi connectivity index (χ1n) is 7.06. The second-order valence-electron chi connectivity index (χ2n) is 5.80. The first kappa shape index (κ1) is 12.7. The summed E-state index contributed by atoms with van der Waals surface area (Å²) in [5, 5.41) is 13.4. The highest BCUT2D eigenvalue weighted by Gasteiger charge is 2.45. The van der Waals surface area contributed by atoms with E-state index in [0.717, 1.165) is 24.3 Å². The molecule has 2 aliphatic rings. The van der Waals surface area contributed by atoms with Gasteiger partial charge >= 0.3 is 5.97 Å². The van der Waals surface area contributed by atoms with Gasteiger partial charge < -0.3 is 9.63 Å². The number of rotatable bonds is 3. The second kappa shape index (κ2) is 4.96. The first-order chi connectivity index (χ1) is 9.15. The number of hydrogen-bond acceptors (Lipinski definition) is 4.